The Bertz CT molecular complexity index is 585. The molecule has 2 aromatic rings. The zero-order chi connectivity index (χ0) is 14.6. The van der Waals surface area contributed by atoms with Crippen molar-refractivity contribution < 1.29 is 4.79 Å². The van der Waals surface area contributed by atoms with Crippen LogP contribution in [0.5, 0.6) is 0 Å². The lowest BCUT2D eigenvalue weighted by molar-refractivity contribution is -0.128. The lowest BCUT2D eigenvalue weighted by Gasteiger charge is -2.17. The number of pyridine rings is 1. The van der Waals surface area contributed by atoms with E-state index < -0.39 is 0 Å². The van der Waals surface area contributed by atoms with Crippen LogP contribution in [-0.4, -0.2) is 10.9 Å². The van der Waals surface area contributed by atoms with E-state index in [1.807, 2.05) is 45.0 Å². The number of aromatic nitrogens is 1. The molecule has 0 radical (unpaired) electrons. The fraction of sp³-hybridized carbons (Fsp3) is 0.294. The SMILES string of the molecule is CC(C)(C)C(=O)NCc1cccc(-c2ccncc2)c1. The number of carbonyl (C=O) groups excluding carboxylic acids is 1. The third-order valence-corrected chi connectivity index (χ3v) is 3.07. The van der Waals surface area contributed by atoms with Gasteiger partial charge in [0, 0.05) is 24.4 Å². The second-order valence-corrected chi connectivity index (χ2v) is 5.87. The van der Waals surface area contributed by atoms with E-state index in [9.17, 15) is 4.79 Å². The molecule has 1 aromatic heterocycles. The zero-order valence-corrected chi connectivity index (χ0v) is 12.2. The van der Waals surface area contributed by atoms with Crippen LogP contribution in [0.1, 0.15) is 26.3 Å². The molecule has 20 heavy (non-hydrogen) atoms. The van der Waals surface area contributed by atoms with E-state index in [1.54, 1.807) is 12.4 Å². The number of rotatable bonds is 3. The molecule has 0 fully saturated rings. The topological polar surface area (TPSA) is 42.0 Å². The van der Waals surface area contributed by atoms with Gasteiger partial charge in [0.05, 0.1) is 0 Å². The van der Waals surface area contributed by atoms with E-state index in [-0.39, 0.29) is 11.3 Å². The van der Waals surface area contributed by atoms with Crippen molar-refractivity contribution in [3.63, 3.8) is 0 Å². The predicted molar refractivity (Wildman–Crippen MR) is 81.0 cm³/mol. The van der Waals surface area contributed by atoms with Crippen LogP contribution < -0.4 is 5.32 Å². The van der Waals surface area contributed by atoms with Gasteiger partial charge in [-0.05, 0) is 34.9 Å². The third kappa shape index (κ3) is 3.67. The van der Waals surface area contributed by atoms with Crippen LogP contribution in [-0.2, 0) is 11.3 Å². The smallest absolute Gasteiger partial charge is 0.225 e. The molecular weight excluding hydrogens is 248 g/mol. The Kier molecular flexibility index (Phi) is 4.18. The minimum atomic E-state index is -0.358. The summed E-state index contributed by atoms with van der Waals surface area (Å²) in [5.41, 5.74) is 3.00. The van der Waals surface area contributed by atoms with Crippen molar-refractivity contribution in [3.05, 3.63) is 54.4 Å². The average Bonchev–Trinajstić information content (AvgIpc) is 2.45. The Morgan fingerprint density at radius 1 is 1.10 bits per heavy atom. The molecule has 0 unspecified atom stereocenters. The molecule has 1 heterocycles. The van der Waals surface area contributed by atoms with Gasteiger partial charge in [0.1, 0.15) is 0 Å². The lowest BCUT2D eigenvalue weighted by Crippen LogP contribution is -2.34. The first kappa shape index (κ1) is 14.3. The molecule has 1 amide bonds. The van der Waals surface area contributed by atoms with Crippen LogP contribution in [0.25, 0.3) is 11.1 Å². The van der Waals surface area contributed by atoms with E-state index in [0.717, 1.165) is 16.7 Å². The molecule has 0 aliphatic rings. The van der Waals surface area contributed by atoms with Gasteiger partial charge in [-0.3, -0.25) is 9.78 Å². The highest BCUT2D eigenvalue weighted by Crippen LogP contribution is 2.19. The molecule has 0 spiro atoms. The predicted octanol–water partition coefficient (Wildman–Crippen LogP) is 3.41. The minimum Gasteiger partial charge on any atom is -0.352 e. The first-order valence-corrected chi connectivity index (χ1v) is 6.74. The quantitative estimate of drug-likeness (QED) is 0.927. The summed E-state index contributed by atoms with van der Waals surface area (Å²) in [7, 11) is 0. The highest BCUT2D eigenvalue weighted by atomic mass is 16.2. The van der Waals surface area contributed by atoms with Crippen LogP contribution in [0.4, 0.5) is 0 Å². The molecule has 2 rings (SSSR count). The average molecular weight is 268 g/mol. The first-order valence-electron chi connectivity index (χ1n) is 6.74. The molecule has 3 nitrogen and oxygen atoms in total. The maximum atomic E-state index is 11.9. The molecule has 0 atom stereocenters. The molecule has 3 heteroatoms. The van der Waals surface area contributed by atoms with Crippen molar-refractivity contribution in [2.24, 2.45) is 5.41 Å². The highest BCUT2D eigenvalue weighted by molar-refractivity contribution is 5.81. The fourth-order valence-corrected chi connectivity index (χ4v) is 1.85. The van der Waals surface area contributed by atoms with E-state index in [2.05, 4.69) is 22.4 Å². The molecule has 0 aliphatic heterocycles. The molecule has 0 saturated carbocycles. The monoisotopic (exact) mass is 268 g/mol. The van der Waals surface area contributed by atoms with Gasteiger partial charge >= 0.3 is 0 Å². The number of nitrogens with zero attached hydrogens (tertiary/aromatic N) is 1. The normalized spacial score (nSPS) is 11.2. The van der Waals surface area contributed by atoms with Gasteiger partial charge in [0.2, 0.25) is 5.91 Å². The maximum absolute atomic E-state index is 11.9. The van der Waals surface area contributed by atoms with Gasteiger partial charge in [0.25, 0.3) is 0 Å². The number of amides is 1. The van der Waals surface area contributed by atoms with Crippen LogP contribution in [0.3, 0.4) is 0 Å². The minimum absolute atomic E-state index is 0.0619. The summed E-state index contributed by atoms with van der Waals surface area (Å²) in [6, 6.07) is 12.1. The van der Waals surface area contributed by atoms with Crippen LogP contribution in [0, 0.1) is 5.41 Å². The van der Waals surface area contributed by atoms with E-state index in [1.165, 1.54) is 0 Å². The second kappa shape index (κ2) is 5.87. The zero-order valence-electron chi connectivity index (χ0n) is 12.2. The Morgan fingerprint density at radius 3 is 2.45 bits per heavy atom. The Labute approximate surface area is 120 Å². The third-order valence-electron chi connectivity index (χ3n) is 3.07. The summed E-state index contributed by atoms with van der Waals surface area (Å²) >= 11 is 0. The van der Waals surface area contributed by atoms with Crippen molar-refractivity contribution in [2.75, 3.05) is 0 Å². The molecule has 0 bridgehead atoms. The first-order chi connectivity index (χ1) is 9.47. The summed E-state index contributed by atoms with van der Waals surface area (Å²) in [4.78, 5) is 15.9. The summed E-state index contributed by atoms with van der Waals surface area (Å²) in [6.07, 6.45) is 3.56. The molecule has 0 saturated heterocycles. The number of hydrogen-bond acceptors (Lipinski definition) is 2. The molecule has 104 valence electrons. The van der Waals surface area contributed by atoms with Crippen molar-refractivity contribution in [2.45, 2.75) is 27.3 Å². The fourth-order valence-electron chi connectivity index (χ4n) is 1.85. The Morgan fingerprint density at radius 2 is 1.80 bits per heavy atom. The summed E-state index contributed by atoms with van der Waals surface area (Å²) in [5, 5.41) is 2.97. The largest absolute Gasteiger partial charge is 0.352 e. The summed E-state index contributed by atoms with van der Waals surface area (Å²) in [6.45, 7) is 6.29. The van der Waals surface area contributed by atoms with Crippen LogP contribution in [0.2, 0.25) is 0 Å². The van der Waals surface area contributed by atoms with Crippen molar-refractivity contribution in [3.8, 4) is 11.1 Å². The van der Waals surface area contributed by atoms with Gasteiger partial charge < -0.3 is 5.32 Å². The highest BCUT2D eigenvalue weighted by Gasteiger charge is 2.20. The summed E-state index contributed by atoms with van der Waals surface area (Å²) < 4.78 is 0. The molecule has 1 N–H and O–H groups in total. The standard InChI is InChI=1S/C17H20N2O/c1-17(2,3)16(20)19-12-13-5-4-6-15(11-13)14-7-9-18-10-8-14/h4-11H,12H2,1-3H3,(H,19,20). The van der Waals surface area contributed by atoms with E-state index in [4.69, 9.17) is 0 Å². The van der Waals surface area contributed by atoms with Gasteiger partial charge in [0.15, 0.2) is 0 Å². The van der Waals surface area contributed by atoms with Crippen molar-refractivity contribution in [1.29, 1.82) is 0 Å². The molecule has 0 aliphatic carbocycles. The number of benzene rings is 1. The van der Waals surface area contributed by atoms with Gasteiger partial charge in [-0.25, -0.2) is 0 Å². The van der Waals surface area contributed by atoms with Crippen molar-refractivity contribution in [1.82, 2.24) is 10.3 Å². The molecule has 1 aromatic carbocycles. The van der Waals surface area contributed by atoms with E-state index in [0.29, 0.717) is 6.54 Å². The number of carbonyl (C=O) groups is 1. The van der Waals surface area contributed by atoms with Crippen molar-refractivity contribution >= 4 is 5.91 Å². The maximum Gasteiger partial charge on any atom is 0.225 e. The van der Waals surface area contributed by atoms with E-state index >= 15 is 0 Å². The van der Waals surface area contributed by atoms with Crippen LogP contribution >= 0.6 is 0 Å². The Hall–Kier alpha value is -2.16. The van der Waals surface area contributed by atoms with Gasteiger partial charge in [-0.2, -0.15) is 0 Å². The van der Waals surface area contributed by atoms with Gasteiger partial charge in [-0.1, -0.05) is 39.0 Å². The van der Waals surface area contributed by atoms with Gasteiger partial charge in [-0.15, -0.1) is 0 Å². The number of hydrogen-bond donors (Lipinski definition) is 1. The molecular formula is C17H20N2O. The number of nitrogens with one attached hydrogen (secondary N) is 1. The Balaban J connectivity index is 2.10. The lowest BCUT2D eigenvalue weighted by atomic mass is 9.95. The second-order valence-electron chi connectivity index (χ2n) is 5.87. The van der Waals surface area contributed by atoms with Crippen LogP contribution in [0.15, 0.2) is 48.8 Å². The summed E-state index contributed by atoms with van der Waals surface area (Å²) in [5.74, 6) is 0.0619.